The second kappa shape index (κ2) is 8.17. The topological polar surface area (TPSA) is 65.8 Å². The molecular formula is C20H21N3OS. The van der Waals surface area contributed by atoms with Crippen LogP contribution in [0.4, 0.5) is 5.69 Å². The first kappa shape index (κ1) is 17.5. The molecule has 1 N–H and O–H groups in total. The third kappa shape index (κ3) is 4.21. The first-order valence-electron chi connectivity index (χ1n) is 8.66. The number of nitriles is 1. The van der Waals surface area contributed by atoms with Crippen molar-refractivity contribution in [1.82, 2.24) is 4.98 Å². The number of para-hydroxylation sites is 1. The maximum atomic E-state index is 12.6. The lowest BCUT2D eigenvalue weighted by Crippen LogP contribution is -2.25. The summed E-state index contributed by atoms with van der Waals surface area (Å²) < 4.78 is 0. The minimum absolute atomic E-state index is 0.0536. The van der Waals surface area contributed by atoms with Crippen LogP contribution in [0.5, 0.6) is 0 Å². The monoisotopic (exact) mass is 351 g/mol. The lowest BCUT2D eigenvalue weighted by Gasteiger charge is -2.19. The zero-order valence-electron chi connectivity index (χ0n) is 14.3. The Kier molecular flexibility index (Phi) is 5.72. The van der Waals surface area contributed by atoms with Gasteiger partial charge in [-0.1, -0.05) is 36.9 Å². The van der Waals surface area contributed by atoms with Gasteiger partial charge in [0, 0.05) is 11.4 Å². The Morgan fingerprint density at radius 3 is 2.80 bits per heavy atom. The van der Waals surface area contributed by atoms with Crippen molar-refractivity contribution in [2.75, 3.05) is 5.32 Å². The number of aryl methyl sites for hydroxylation is 2. The highest BCUT2D eigenvalue weighted by atomic mass is 32.2. The fourth-order valence-electron chi connectivity index (χ4n) is 2.99. The molecule has 1 aliphatic rings. The molecule has 2 aromatic rings. The molecule has 0 bridgehead atoms. The van der Waals surface area contributed by atoms with Crippen molar-refractivity contribution in [1.29, 1.82) is 5.26 Å². The minimum Gasteiger partial charge on any atom is -0.325 e. The average molecular weight is 351 g/mol. The van der Waals surface area contributed by atoms with E-state index in [0.29, 0.717) is 17.0 Å². The number of hydrogen-bond acceptors (Lipinski definition) is 4. The Morgan fingerprint density at radius 1 is 1.32 bits per heavy atom. The number of benzene rings is 1. The van der Waals surface area contributed by atoms with Crippen LogP contribution in [0.1, 0.15) is 43.0 Å². The molecule has 1 heterocycles. The van der Waals surface area contributed by atoms with Crippen molar-refractivity contribution < 1.29 is 4.79 Å². The number of thioether (sulfide) groups is 1. The Balaban J connectivity index is 1.79. The predicted octanol–water partition coefficient (Wildman–Crippen LogP) is 4.34. The lowest BCUT2D eigenvalue weighted by atomic mass is 9.95. The minimum atomic E-state index is -0.276. The van der Waals surface area contributed by atoms with E-state index in [4.69, 9.17) is 4.98 Å². The largest absolute Gasteiger partial charge is 0.325 e. The fourth-order valence-corrected chi connectivity index (χ4v) is 3.98. The van der Waals surface area contributed by atoms with E-state index < -0.39 is 0 Å². The van der Waals surface area contributed by atoms with Gasteiger partial charge in [-0.3, -0.25) is 4.79 Å². The number of nitrogens with one attached hydrogen (secondary N) is 1. The SMILES string of the molecule is CCC(Sc1nc2c(cc1C#N)CCCC2)C(=O)Nc1ccccc1. The molecule has 1 aromatic carbocycles. The van der Waals surface area contributed by atoms with Crippen LogP contribution in [-0.2, 0) is 17.6 Å². The smallest absolute Gasteiger partial charge is 0.237 e. The molecular weight excluding hydrogens is 330 g/mol. The highest BCUT2D eigenvalue weighted by molar-refractivity contribution is 8.00. The molecule has 0 radical (unpaired) electrons. The van der Waals surface area contributed by atoms with Gasteiger partial charge < -0.3 is 5.32 Å². The summed E-state index contributed by atoms with van der Waals surface area (Å²) in [6.45, 7) is 1.98. The first-order chi connectivity index (χ1) is 12.2. The van der Waals surface area contributed by atoms with E-state index in [1.54, 1.807) is 0 Å². The molecule has 25 heavy (non-hydrogen) atoms. The summed E-state index contributed by atoms with van der Waals surface area (Å²) in [4.78, 5) is 17.3. The quantitative estimate of drug-likeness (QED) is 0.814. The standard InChI is InChI=1S/C20H21N3OS/c1-2-18(19(24)22-16-9-4-3-5-10-16)25-20-15(13-21)12-14-8-6-7-11-17(14)23-20/h3-5,9-10,12,18H,2,6-8,11H2,1H3,(H,22,24). The van der Waals surface area contributed by atoms with E-state index in [0.717, 1.165) is 37.1 Å². The summed E-state index contributed by atoms with van der Waals surface area (Å²) in [7, 11) is 0. The van der Waals surface area contributed by atoms with Crippen LogP contribution in [0.2, 0.25) is 0 Å². The van der Waals surface area contributed by atoms with Crippen LogP contribution in [0, 0.1) is 11.3 Å². The molecule has 0 aliphatic heterocycles. The Morgan fingerprint density at radius 2 is 2.08 bits per heavy atom. The van der Waals surface area contributed by atoms with Crippen molar-refractivity contribution in [3.63, 3.8) is 0 Å². The molecule has 128 valence electrons. The lowest BCUT2D eigenvalue weighted by molar-refractivity contribution is -0.115. The zero-order chi connectivity index (χ0) is 17.6. The van der Waals surface area contributed by atoms with Gasteiger partial charge in [-0.2, -0.15) is 5.26 Å². The summed E-state index contributed by atoms with van der Waals surface area (Å²) in [5, 5.41) is 12.8. The Bertz CT molecular complexity index is 799. The van der Waals surface area contributed by atoms with Gasteiger partial charge in [0.15, 0.2) is 0 Å². The molecule has 0 saturated heterocycles. The molecule has 1 aromatic heterocycles. The average Bonchev–Trinajstić information content (AvgIpc) is 2.66. The number of carbonyl (C=O) groups is 1. The van der Waals surface area contributed by atoms with Crippen LogP contribution < -0.4 is 5.32 Å². The Labute approximate surface area is 152 Å². The van der Waals surface area contributed by atoms with E-state index in [9.17, 15) is 10.1 Å². The number of anilines is 1. The first-order valence-corrected chi connectivity index (χ1v) is 9.54. The van der Waals surface area contributed by atoms with Gasteiger partial charge >= 0.3 is 0 Å². The van der Waals surface area contributed by atoms with Gasteiger partial charge in [0.05, 0.1) is 10.8 Å². The van der Waals surface area contributed by atoms with Crippen LogP contribution in [0.25, 0.3) is 0 Å². The maximum Gasteiger partial charge on any atom is 0.237 e. The van der Waals surface area contributed by atoms with Crippen molar-refractivity contribution in [3.05, 3.63) is 53.2 Å². The van der Waals surface area contributed by atoms with E-state index in [1.165, 1.54) is 17.3 Å². The van der Waals surface area contributed by atoms with E-state index >= 15 is 0 Å². The van der Waals surface area contributed by atoms with E-state index in [-0.39, 0.29) is 11.2 Å². The number of amides is 1. The number of fused-ring (bicyclic) bond motifs is 1. The van der Waals surface area contributed by atoms with Gasteiger partial charge in [-0.25, -0.2) is 4.98 Å². The van der Waals surface area contributed by atoms with E-state index in [1.807, 2.05) is 43.3 Å². The van der Waals surface area contributed by atoms with Crippen molar-refractivity contribution in [2.45, 2.75) is 49.3 Å². The van der Waals surface area contributed by atoms with Crippen molar-refractivity contribution in [3.8, 4) is 6.07 Å². The number of nitrogens with zero attached hydrogens (tertiary/aromatic N) is 2. The number of hydrogen-bond donors (Lipinski definition) is 1. The van der Waals surface area contributed by atoms with Gasteiger partial charge in [0.25, 0.3) is 0 Å². The molecule has 0 spiro atoms. The molecule has 1 amide bonds. The van der Waals surface area contributed by atoms with Crippen LogP contribution in [0.3, 0.4) is 0 Å². The third-order valence-corrected chi connectivity index (χ3v) is 5.71. The van der Waals surface area contributed by atoms with Gasteiger partial charge in [0.2, 0.25) is 5.91 Å². The zero-order valence-corrected chi connectivity index (χ0v) is 15.1. The highest BCUT2D eigenvalue weighted by Crippen LogP contribution is 2.31. The van der Waals surface area contributed by atoms with E-state index in [2.05, 4.69) is 11.4 Å². The second-order valence-electron chi connectivity index (χ2n) is 6.14. The van der Waals surface area contributed by atoms with Crippen LogP contribution in [0.15, 0.2) is 41.4 Å². The van der Waals surface area contributed by atoms with Crippen molar-refractivity contribution >= 4 is 23.4 Å². The molecule has 1 aliphatic carbocycles. The number of pyridine rings is 1. The summed E-state index contributed by atoms with van der Waals surface area (Å²) in [5.74, 6) is -0.0536. The molecule has 5 heteroatoms. The normalized spacial score (nSPS) is 14.2. The maximum absolute atomic E-state index is 12.6. The van der Waals surface area contributed by atoms with Gasteiger partial charge in [-0.05, 0) is 55.9 Å². The number of carbonyl (C=O) groups excluding carboxylic acids is 1. The predicted molar refractivity (Wildman–Crippen MR) is 101 cm³/mol. The third-order valence-electron chi connectivity index (χ3n) is 4.34. The Hall–Kier alpha value is -2.32. The number of rotatable bonds is 5. The molecule has 0 saturated carbocycles. The molecule has 0 fully saturated rings. The second-order valence-corrected chi connectivity index (χ2v) is 7.33. The van der Waals surface area contributed by atoms with Crippen LogP contribution in [-0.4, -0.2) is 16.1 Å². The molecule has 1 unspecified atom stereocenters. The van der Waals surface area contributed by atoms with Gasteiger partial charge in [0.1, 0.15) is 11.1 Å². The summed E-state index contributed by atoms with van der Waals surface area (Å²) >= 11 is 1.39. The summed E-state index contributed by atoms with van der Waals surface area (Å²) in [5.41, 5.74) is 3.64. The molecule has 4 nitrogen and oxygen atoms in total. The molecule has 1 atom stereocenters. The number of aromatic nitrogens is 1. The molecule has 3 rings (SSSR count). The highest BCUT2D eigenvalue weighted by Gasteiger charge is 2.22. The van der Waals surface area contributed by atoms with Crippen LogP contribution >= 0.6 is 11.8 Å². The summed E-state index contributed by atoms with van der Waals surface area (Å²) in [6.07, 6.45) is 4.92. The summed E-state index contributed by atoms with van der Waals surface area (Å²) in [6, 6.07) is 13.6. The van der Waals surface area contributed by atoms with Gasteiger partial charge in [-0.15, -0.1) is 0 Å². The fraction of sp³-hybridized carbons (Fsp3) is 0.350. The van der Waals surface area contributed by atoms with Crippen molar-refractivity contribution in [2.24, 2.45) is 0 Å².